The Hall–Kier alpha value is -1.16. The van der Waals surface area contributed by atoms with Gasteiger partial charge in [0.05, 0.1) is 12.7 Å². The molecule has 2 rings (SSSR count). The van der Waals surface area contributed by atoms with Crippen LogP contribution in [-0.2, 0) is 14.3 Å². The second-order valence-electron chi connectivity index (χ2n) is 3.82. The maximum Gasteiger partial charge on any atom is 0.227 e. The van der Waals surface area contributed by atoms with E-state index in [0.717, 1.165) is 6.61 Å². The Labute approximate surface area is 90.7 Å². The number of ether oxygens (including phenoxy) is 1. The first kappa shape index (κ1) is 13.8. The third-order valence-corrected chi connectivity index (χ3v) is 1.36. The number of allylic oxidation sites excluding steroid dienone is 1. The molecule has 0 saturated carbocycles. The summed E-state index contributed by atoms with van der Waals surface area (Å²) in [5.74, 6) is -0.296. The Morgan fingerprint density at radius 1 is 1.33 bits per heavy atom. The molecule has 0 aliphatic carbocycles. The molecule has 2 aliphatic heterocycles. The van der Waals surface area contributed by atoms with Gasteiger partial charge in [-0.2, -0.15) is 0 Å². The van der Waals surface area contributed by atoms with E-state index in [1.54, 1.807) is 0 Å². The molecule has 0 radical (unpaired) electrons. The van der Waals surface area contributed by atoms with E-state index in [0.29, 0.717) is 18.9 Å². The number of rotatable bonds is 0. The van der Waals surface area contributed by atoms with Gasteiger partial charge in [0, 0.05) is 12.8 Å². The van der Waals surface area contributed by atoms with E-state index in [-0.39, 0.29) is 11.8 Å². The molecule has 2 heterocycles. The van der Waals surface area contributed by atoms with Crippen LogP contribution in [-0.4, -0.2) is 24.5 Å². The molecule has 0 bridgehead atoms. The van der Waals surface area contributed by atoms with E-state index in [1.807, 2.05) is 13.8 Å². The average Bonchev–Trinajstić information content (AvgIpc) is 2.76. The standard InChI is InChI=1S/C4H5NO2.C4H8.C3H6O/c6-3-1-2-4(7)5-3;1-4(2)3;1-3-2-4-3/h1-2H2,(H,5,6,7);1H2,2-3H3;3H,2H2,1H3. The van der Waals surface area contributed by atoms with Crippen molar-refractivity contribution in [3.05, 3.63) is 12.2 Å². The first-order valence-electron chi connectivity index (χ1n) is 4.98. The summed E-state index contributed by atoms with van der Waals surface area (Å²) in [6.45, 7) is 10.5. The van der Waals surface area contributed by atoms with Crippen LogP contribution in [0.2, 0.25) is 0 Å². The molecule has 2 aliphatic rings. The van der Waals surface area contributed by atoms with Gasteiger partial charge in [0.15, 0.2) is 0 Å². The Kier molecular flexibility index (Phi) is 6.62. The smallest absolute Gasteiger partial charge is 0.227 e. The van der Waals surface area contributed by atoms with Crippen molar-refractivity contribution in [3.63, 3.8) is 0 Å². The summed E-state index contributed by atoms with van der Waals surface area (Å²) in [7, 11) is 0. The minimum Gasteiger partial charge on any atom is -0.373 e. The SMILES string of the molecule is C=C(C)C.CC1CO1.O=C1CCC(=O)N1. The molecule has 2 fully saturated rings. The third-order valence-electron chi connectivity index (χ3n) is 1.36. The summed E-state index contributed by atoms with van der Waals surface area (Å²) in [5, 5.41) is 2.14. The molecule has 4 nitrogen and oxygen atoms in total. The summed E-state index contributed by atoms with van der Waals surface area (Å²) in [6.07, 6.45) is 1.33. The van der Waals surface area contributed by atoms with Crippen LogP contribution in [0, 0.1) is 0 Å². The average molecular weight is 213 g/mol. The number of carbonyl (C=O) groups excluding carboxylic acids is 2. The van der Waals surface area contributed by atoms with Gasteiger partial charge in [-0.25, -0.2) is 0 Å². The second-order valence-corrected chi connectivity index (χ2v) is 3.82. The summed E-state index contributed by atoms with van der Waals surface area (Å²) < 4.78 is 4.71. The molecule has 1 unspecified atom stereocenters. The molecule has 2 saturated heterocycles. The Morgan fingerprint density at radius 3 is 1.67 bits per heavy atom. The molecule has 0 aromatic carbocycles. The van der Waals surface area contributed by atoms with Gasteiger partial charge in [-0.15, -0.1) is 6.58 Å². The molecule has 0 spiro atoms. The molecule has 2 amide bonds. The maximum absolute atomic E-state index is 10.1. The summed E-state index contributed by atoms with van der Waals surface area (Å²) >= 11 is 0. The summed E-state index contributed by atoms with van der Waals surface area (Å²) in [6, 6.07) is 0. The first-order chi connectivity index (χ1) is 6.91. The van der Waals surface area contributed by atoms with Gasteiger partial charge in [0.2, 0.25) is 11.8 Å². The van der Waals surface area contributed by atoms with Gasteiger partial charge < -0.3 is 4.74 Å². The monoisotopic (exact) mass is 213 g/mol. The van der Waals surface area contributed by atoms with Crippen LogP contribution in [0.5, 0.6) is 0 Å². The molecule has 0 aromatic rings. The number of hydrogen-bond acceptors (Lipinski definition) is 3. The Balaban J connectivity index is 0.000000212. The fourth-order valence-electron chi connectivity index (χ4n) is 0.604. The highest BCUT2D eigenvalue weighted by molar-refractivity contribution is 6.01. The van der Waals surface area contributed by atoms with E-state index in [2.05, 4.69) is 18.8 Å². The van der Waals surface area contributed by atoms with Crippen LogP contribution in [0.25, 0.3) is 0 Å². The topological polar surface area (TPSA) is 58.7 Å². The number of amides is 2. The minimum absolute atomic E-state index is 0.148. The highest BCUT2D eigenvalue weighted by Crippen LogP contribution is 2.04. The zero-order chi connectivity index (χ0) is 11.8. The number of epoxide rings is 1. The van der Waals surface area contributed by atoms with Gasteiger partial charge in [-0.05, 0) is 20.8 Å². The lowest BCUT2D eigenvalue weighted by Gasteiger charge is -1.79. The molecular formula is C11H19NO3. The van der Waals surface area contributed by atoms with Crippen LogP contribution < -0.4 is 5.32 Å². The van der Waals surface area contributed by atoms with E-state index >= 15 is 0 Å². The fraction of sp³-hybridized carbons (Fsp3) is 0.636. The van der Waals surface area contributed by atoms with Crippen LogP contribution in [0.1, 0.15) is 33.6 Å². The number of imide groups is 1. The van der Waals surface area contributed by atoms with Crippen molar-refractivity contribution in [1.82, 2.24) is 5.32 Å². The Morgan fingerprint density at radius 2 is 1.60 bits per heavy atom. The van der Waals surface area contributed by atoms with Gasteiger partial charge >= 0.3 is 0 Å². The molecule has 4 heteroatoms. The zero-order valence-corrected chi connectivity index (χ0v) is 9.63. The molecule has 1 N–H and O–H groups in total. The van der Waals surface area contributed by atoms with Gasteiger partial charge in [-0.3, -0.25) is 14.9 Å². The van der Waals surface area contributed by atoms with Crippen molar-refractivity contribution < 1.29 is 14.3 Å². The minimum atomic E-state index is -0.148. The highest BCUT2D eigenvalue weighted by Gasteiger charge is 2.15. The lowest BCUT2D eigenvalue weighted by atomic mass is 10.4. The fourth-order valence-corrected chi connectivity index (χ4v) is 0.604. The van der Waals surface area contributed by atoms with Crippen molar-refractivity contribution in [2.24, 2.45) is 0 Å². The zero-order valence-electron chi connectivity index (χ0n) is 9.63. The van der Waals surface area contributed by atoms with Crippen LogP contribution in [0.4, 0.5) is 0 Å². The number of hydrogen-bond donors (Lipinski definition) is 1. The highest BCUT2D eigenvalue weighted by atomic mass is 16.6. The summed E-state index contributed by atoms with van der Waals surface area (Å²) in [4.78, 5) is 20.2. The molecule has 15 heavy (non-hydrogen) atoms. The van der Waals surface area contributed by atoms with Crippen molar-refractivity contribution in [2.75, 3.05) is 6.61 Å². The Bertz CT molecular complexity index is 226. The second kappa shape index (κ2) is 7.17. The van der Waals surface area contributed by atoms with Crippen LogP contribution >= 0.6 is 0 Å². The third kappa shape index (κ3) is 12.8. The van der Waals surface area contributed by atoms with Gasteiger partial charge in [0.25, 0.3) is 0 Å². The summed E-state index contributed by atoms with van der Waals surface area (Å²) in [5.41, 5.74) is 1.17. The maximum atomic E-state index is 10.1. The van der Waals surface area contributed by atoms with E-state index in [1.165, 1.54) is 5.57 Å². The lowest BCUT2D eigenvalue weighted by Crippen LogP contribution is -2.18. The van der Waals surface area contributed by atoms with Gasteiger partial charge in [-0.1, -0.05) is 5.57 Å². The lowest BCUT2D eigenvalue weighted by molar-refractivity contribution is -0.124. The predicted octanol–water partition coefficient (Wildman–Crippen LogP) is 1.41. The van der Waals surface area contributed by atoms with Crippen molar-refractivity contribution in [2.45, 2.75) is 39.7 Å². The van der Waals surface area contributed by atoms with Crippen molar-refractivity contribution >= 4 is 11.8 Å². The quantitative estimate of drug-likeness (QED) is 0.376. The van der Waals surface area contributed by atoms with Gasteiger partial charge in [0.1, 0.15) is 0 Å². The number of carbonyl (C=O) groups is 2. The number of nitrogens with one attached hydrogen (secondary N) is 1. The normalized spacial score (nSPS) is 21.7. The van der Waals surface area contributed by atoms with Crippen LogP contribution in [0.15, 0.2) is 12.2 Å². The largest absolute Gasteiger partial charge is 0.373 e. The molecular weight excluding hydrogens is 194 g/mol. The predicted molar refractivity (Wildman–Crippen MR) is 58.3 cm³/mol. The first-order valence-corrected chi connectivity index (χ1v) is 4.98. The van der Waals surface area contributed by atoms with Crippen LogP contribution in [0.3, 0.4) is 0 Å². The molecule has 86 valence electrons. The van der Waals surface area contributed by atoms with E-state index in [9.17, 15) is 9.59 Å². The molecule has 1 atom stereocenters. The molecule has 0 aromatic heterocycles. The van der Waals surface area contributed by atoms with E-state index in [4.69, 9.17) is 4.74 Å². The van der Waals surface area contributed by atoms with Crippen molar-refractivity contribution in [3.8, 4) is 0 Å². The van der Waals surface area contributed by atoms with Crippen molar-refractivity contribution in [1.29, 1.82) is 0 Å². The van der Waals surface area contributed by atoms with E-state index < -0.39 is 0 Å².